The molecular weight excluding hydrogens is 200 g/mol. The zero-order valence-electron chi connectivity index (χ0n) is 8.56. The van der Waals surface area contributed by atoms with Gasteiger partial charge in [0.1, 0.15) is 12.2 Å². The predicted molar refractivity (Wildman–Crippen MR) is 50.6 cm³/mol. The lowest BCUT2D eigenvalue weighted by Gasteiger charge is -2.03. The third-order valence-electron chi connectivity index (χ3n) is 1.71. The molecule has 0 aromatic carbocycles. The molecule has 0 fully saturated rings. The lowest BCUT2D eigenvalue weighted by atomic mass is 10.4. The molecule has 82 valence electrons. The van der Waals surface area contributed by atoms with E-state index in [2.05, 4.69) is 5.10 Å². The summed E-state index contributed by atoms with van der Waals surface area (Å²) in [7, 11) is 0. The maximum absolute atomic E-state index is 11.1. The van der Waals surface area contributed by atoms with E-state index in [9.17, 15) is 9.59 Å². The van der Waals surface area contributed by atoms with Crippen LogP contribution in [0.25, 0.3) is 0 Å². The Labute approximate surface area is 86.5 Å². The van der Waals surface area contributed by atoms with Crippen LogP contribution >= 0.6 is 0 Å². The topological polar surface area (TPSA) is 81.4 Å². The van der Waals surface area contributed by atoms with Gasteiger partial charge < -0.3 is 9.84 Å². The zero-order chi connectivity index (χ0) is 11.4. The van der Waals surface area contributed by atoms with Crippen molar-refractivity contribution in [1.82, 2.24) is 9.78 Å². The van der Waals surface area contributed by atoms with E-state index in [1.54, 1.807) is 13.8 Å². The van der Waals surface area contributed by atoms with Crippen LogP contribution in [0, 0.1) is 6.92 Å². The highest BCUT2D eigenvalue weighted by Crippen LogP contribution is 2.03. The monoisotopic (exact) mass is 212 g/mol. The van der Waals surface area contributed by atoms with E-state index in [0.717, 1.165) is 4.68 Å². The van der Waals surface area contributed by atoms with E-state index in [4.69, 9.17) is 9.84 Å². The van der Waals surface area contributed by atoms with E-state index in [1.165, 1.54) is 6.07 Å². The van der Waals surface area contributed by atoms with Gasteiger partial charge in [0.15, 0.2) is 0 Å². The van der Waals surface area contributed by atoms with Crippen LogP contribution in [-0.4, -0.2) is 33.4 Å². The first kappa shape index (κ1) is 11.2. The van der Waals surface area contributed by atoms with Gasteiger partial charge in [-0.15, -0.1) is 0 Å². The predicted octanol–water partition coefficient (Wildman–Crippen LogP) is 0.453. The maximum Gasteiger partial charge on any atom is 0.354 e. The fourth-order valence-corrected chi connectivity index (χ4v) is 1.17. The summed E-state index contributed by atoms with van der Waals surface area (Å²) in [5, 5.41) is 12.7. The molecule has 0 saturated heterocycles. The van der Waals surface area contributed by atoms with E-state index < -0.39 is 11.9 Å². The lowest BCUT2D eigenvalue weighted by Crippen LogP contribution is -2.18. The summed E-state index contributed by atoms with van der Waals surface area (Å²) in [4.78, 5) is 21.9. The van der Waals surface area contributed by atoms with E-state index in [1.807, 2.05) is 0 Å². The number of carbonyl (C=O) groups is 2. The summed E-state index contributed by atoms with van der Waals surface area (Å²) in [6, 6.07) is 1.40. The normalized spacial score (nSPS) is 10.0. The Bertz CT molecular complexity index is 383. The highest BCUT2D eigenvalue weighted by atomic mass is 16.5. The summed E-state index contributed by atoms with van der Waals surface area (Å²) in [6.07, 6.45) is 0. The van der Waals surface area contributed by atoms with Gasteiger partial charge >= 0.3 is 11.9 Å². The van der Waals surface area contributed by atoms with Gasteiger partial charge in [0.2, 0.25) is 0 Å². The molecule has 1 rings (SSSR count). The number of aromatic carboxylic acids is 1. The Balaban J connectivity index is 2.84. The highest BCUT2D eigenvalue weighted by molar-refractivity contribution is 5.86. The number of esters is 1. The fourth-order valence-electron chi connectivity index (χ4n) is 1.17. The third kappa shape index (κ3) is 2.80. The van der Waals surface area contributed by atoms with Crippen molar-refractivity contribution in [1.29, 1.82) is 0 Å². The largest absolute Gasteiger partial charge is 0.477 e. The molecule has 0 aliphatic carbocycles. The quantitative estimate of drug-likeness (QED) is 0.733. The number of nitrogens with zero attached hydrogens (tertiary/aromatic N) is 2. The van der Waals surface area contributed by atoms with E-state index in [-0.39, 0.29) is 18.8 Å². The van der Waals surface area contributed by atoms with Crippen LogP contribution in [0.4, 0.5) is 0 Å². The molecule has 15 heavy (non-hydrogen) atoms. The molecule has 6 heteroatoms. The average Bonchev–Trinajstić information content (AvgIpc) is 2.47. The summed E-state index contributed by atoms with van der Waals surface area (Å²) in [6.45, 7) is 3.43. The standard InChI is InChI=1S/C9H12N2O4/c1-3-15-8(12)5-11-7(9(13)14)4-6(2)10-11/h4H,3,5H2,1-2H3,(H,13,14). The van der Waals surface area contributed by atoms with Crippen LogP contribution < -0.4 is 0 Å². The van der Waals surface area contributed by atoms with Gasteiger partial charge in [0, 0.05) is 0 Å². The van der Waals surface area contributed by atoms with E-state index in [0.29, 0.717) is 5.69 Å². The van der Waals surface area contributed by atoms with Crippen molar-refractivity contribution < 1.29 is 19.4 Å². The number of aryl methyl sites for hydroxylation is 1. The van der Waals surface area contributed by atoms with Crippen LogP contribution in [0.3, 0.4) is 0 Å². The summed E-state index contributed by atoms with van der Waals surface area (Å²) < 4.78 is 5.82. The third-order valence-corrected chi connectivity index (χ3v) is 1.71. The molecule has 6 nitrogen and oxygen atoms in total. The molecule has 1 aromatic rings. The molecule has 0 atom stereocenters. The van der Waals surface area contributed by atoms with Crippen molar-refractivity contribution in [3.63, 3.8) is 0 Å². The Kier molecular flexibility index (Phi) is 3.43. The van der Waals surface area contributed by atoms with Gasteiger partial charge in [-0.25, -0.2) is 9.48 Å². The van der Waals surface area contributed by atoms with Gasteiger partial charge in [-0.2, -0.15) is 5.10 Å². The van der Waals surface area contributed by atoms with Crippen molar-refractivity contribution >= 4 is 11.9 Å². The molecule has 0 spiro atoms. The van der Waals surface area contributed by atoms with Crippen LogP contribution in [0.2, 0.25) is 0 Å². The van der Waals surface area contributed by atoms with Gasteiger partial charge in [0.25, 0.3) is 0 Å². The fraction of sp³-hybridized carbons (Fsp3) is 0.444. The molecule has 0 bridgehead atoms. The number of aromatic nitrogens is 2. The van der Waals surface area contributed by atoms with Crippen molar-refractivity contribution in [2.45, 2.75) is 20.4 Å². The average molecular weight is 212 g/mol. The number of rotatable bonds is 4. The number of carboxylic acid groups (broad SMARTS) is 1. The van der Waals surface area contributed by atoms with Crippen LogP contribution in [-0.2, 0) is 16.1 Å². The Hall–Kier alpha value is -1.85. The molecule has 0 amide bonds. The number of ether oxygens (including phenoxy) is 1. The van der Waals surface area contributed by atoms with Crippen LogP contribution in [0.5, 0.6) is 0 Å². The smallest absolute Gasteiger partial charge is 0.354 e. The SMILES string of the molecule is CCOC(=O)Cn1nc(C)cc1C(=O)O. The second-order valence-corrected chi connectivity index (χ2v) is 2.94. The number of hydrogen-bond donors (Lipinski definition) is 1. The van der Waals surface area contributed by atoms with Gasteiger partial charge in [-0.3, -0.25) is 4.79 Å². The lowest BCUT2D eigenvalue weighted by molar-refractivity contribution is -0.144. The minimum atomic E-state index is -1.11. The van der Waals surface area contributed by atoms with Crippen molar-refractivity contribution in [3.8, 4) is 0 Å². The molecule has 0 aliphatic heterocycles. The number of hydrogen-bond acceptors (Lipinski definition) is 4. The molecule has 1 aromatic heterocycles. The first-order valence-corrected chi connectivity index (χ1v) is 4.48. The second kappa shape index (κ2) is 4.59. The number of carbonyl (C=O) groups excluding carboxylic acids is 1. The first-order chi connectivity index (χ1) is 7.04. The van der Waals surface area contributed by atoms with E-state index >= 15 is 0 Å². The Morgan fingerprint density at radius 2 is 2.27 bits per heavy atom. The Morgan fingerprint density at radius 1 is 1.60 bits per heavy atom. The molecule has 1 N–H and O–H groups in total. The van der Waals surface area contributed by atoms with Crippen molar-refractivity contribution in [3.05, 3.63) is 17.5 Å². The molecule has 0 aliphatic rings. The number of carboxylic acids is 1. The van der Waals surface area contributed by atoms with Crippen LogP contribution in [0.15, 0.2) is 6.07 Å². The molecule has 0 saturated carbocycles. The van der Waals surface area contributed by atoms with Gasteiger partial charge in [0.05, 0.1) is 12.3 Å². The molecule has 0 radical (unpaired) electrons. The zero-order valence-corrected chi connectivity index (χ0v) is 8.56. The van der Waals surface area contributed by atoms with Crippen molar-refractivity contribution in [2.24, 2.45) is 0 Å². The van der Waals surface area contributed by atoms with Gasteiger partial charge in [-0.1, -0.05) is 0 Å². The summed E-state index contributed by atoms with van der Waals surface area (Å²) in [5.41, 5.74) is 0.539. The second-order valence-electron chi connectivity index (χ2n) is 2.94. The Morgan fingerprint density at radius 3 is 2.80 bits per heavy atom. The van der Waals surface area contributed by atoms with Crippen LogP contribution in [0.1, 0.15) is 23.1 Å². The molecule has 1 heterocycles. The minimum Gasteiger partial charge on any atom is -0.477 e. The van der Waals surface area contributed by atoms with Crippen molar-refractivity contribution in [2.75, 3.05) is 6.61 Å². The summed E-state index contributed by atoms with van der Waals surface area (Å²) in [5.74, 6) is -1.61. The summed E-state index contributed by atoms with van der Waals surface area (Å²) >= 11 is 0. The minimum absolute atomic E-state index is 0.0134. The van der Waals surface area contributed by atoms with Gasteiger partial charge in [-0.05, 0) is 19.9 Å². The molecular formula is C9H12N2O4. The highest BCUT2D eigenvalue weighted by Gasteiger charge is 2.15. The maximum atomic E-state index is 11.1. The first-order valence-electron chi connectivity index (χ1n) is 4.48. The molecule has 0 unspecified atom stereocenters.